The Balaban J connectivity index is 1.65. The van der Waals surface area contributed by atoms with Crippen molar-refractivity contribution in [3.05, 3.63) is 67.4 Å². The molecule has 4 aromatic rings. The topological polar surface area (TPSA) is 108 Å². The fourth-order valence-electron chi connectivity index (χ4n) is 3.85. The summed E-state index contributed by atoms with van der Waals surface area (Å²) < 4.78 is 0. The maximum atomic E-state index is 11.9. The third kappa shape index (κ3) is 2.89. The van der Waals surface area contributed by atoms with E-state index in [0.717, 1.165) is 22.2 Å². The molecule has 0 unspecified atom stereocenters. The van der Waals surface area contributed by atoms with E-state index in [2.05, 4.69) is 31.7 Å². The molecule has 0 spiro atoms. The minimum atomic E-state index is -0.0754. The lowest BCUT2D eigenvalue weighted by atomic mass is 9.90. The average molecular weight is 398 g/mol. The third-order valence-electron chi connectivity index (χ3n) is 5.39. The Labute approximate surface area is 171 Å². The predicted octanol–water partition coefficient (Wildman–Crippen LogP) is 2.90. The number of benzene rings is 1. The van der Waals surface area contributed by atoms with Crippen molar-refractivity contribution in [2.45, 2.75) is 5.92 Å². The van der Waals surface area contributed by atoms with Gasteiger partial charge in [-0.1, -0.05) is 18.7 Å². The van der Waals surface area contributed by atoms with Gasteiger partial charge in [0.05, 0.1) is 5.69 Å². The molecule has 1 saturated heterocycles. The van der Waals surface area contributed by atoms with Gasteiger partial charge in [0.15, 0.2) is 5.65 Å². The van der Waals surface area contributed by atoms with Crippen LogP contribution in [0.3, 0.4) is 0 Å². The molecule has 1 aliphatic rings. The van der Waals surface area contributed by atoms with Crippen LogP contribution in [-0.2, 0) is 4.79 Å². The molecule has 2 N–H and O–H groups in total. The van der Waals surface area contributed by atoms with Crippen LogP contribution in [-0.4, -0.2) is 54.2 Å². The lowest BCUT2D eigenvalue weighted by Gasteiger charge is -2.38. The summed E-state index contributed by atoms with van der Waals surface area (Å²) >= 11 is 0. The zero-order chi connectivity index (χ0) is 20.7. The van der Waals surface area contributed by atoms with E-state index in [9.17, 15) is 9.90 Å². The molecule has 8 nitrogen and oxygen atoms in total. The molecule has 148 valence electrons. The van der Waals surface area contributed by atoms with Gasteiger partial charge in [-0.15, -0.1) is 10.2 Å². The highest BCUT2D eigenvalue weighted by Gasteiger charge is 2.34. The van der Waals surface area contributed by atoms with Crippen LogP contribution in [0.5, 0.6) is 5.75 Å². The summed E-state index contributed by atoms with van der Waals surface area (Å²) in [6.45, 7) is 4.74. The first-order chi connectivity index (χ1) is 14.7. The predicted molar refractivity (Wildman–Crippen MR) is 112 cm³/mol. The first-order valence-corrected chi connectivity index (χ1v) is 9.50. The smallest absolute Gasteiger partial charge is 0.245 e. The van der Waals surface area contributed by atoms with Gasteiger partial charge in [-0.2, -0.15) is 0 Å². The van der Waals surface area contributed by atoms with Crippen molar-refractivity contribution in [2.75, 3.05) is 13.1 Å². The molecule has 30 heavy (non-hydrogen) atoms. The molecule has 1 fully saturated rings. The zero-order valence-corrected chi connectivity index (χ0v) is 16.0. The first kappa shape index (κ1) is 18.0. The number of phenols is 1. The van der Waals surface area contributed by atoms with Crippen molar-refractivity contribution in [3.63, 3.8) is 0 Å². The van der Waals surface area contributed by atoms with E-state index in [1.165, 1.54) is 12.4 Å². The summed E-state index contributed by atoms with van der Waals surface area (Å²) in [5.41, 5.74) is 4.57. The van der Waals surface area contributed by atoms with Crippen LogP contribution in [0.1, 0.15) is 11.6 Å². The number of nitrogens with one attached hydrogen (secondary N) is 1. The Kier molecular flexibility index (Phi) is 4.24. The number of para-hydroxylation sites is 1. The van der Waals surface area contributed by atoms with Crippen LogP contribution < -0.4 is 0 Å². The van der Waals surface area contributed by atoms with Gasteiger partial charge < -0.3 is 15.0 Å². The molecule has 3 aromatic heterocycles. The second kappa shape index (κ2) is 7.07. The van der Waals surface area contributed by atoms with Crippen molar-refractivity contribution in [3.8, 4) is 28.1 Å². The Bertz CT molecular complexity index is 1260. The lowest BCUT2D eigenvalue weighted by Crippen LogP contribution is -2.48. The number of aromatic nitrogens is 5. The van der Waals surface area contributed by atoms with Gasteiger partial charge in [-0.3, -0.25) is 4.79 Å². The van der Waals surface area contributed by atoms with E-state index in [4.69, 9.17) is 0 Å². The molecule has 0 radical (unpaired) electrons. The van der Waals surface area contributed by atoms with E-state index >= 15 is 0 Å². The standard InChI is InChI=1S/C22H18N6O2/c1-2-19(30)28-10-14(11-28)21-20(13-8-23-12-24-9-13)16-7-17(26-27-22(16)25-21)15-5-3-4-6-18(15)29/h2-9,12,14,29H,1,10-11H2,(H,25,27). The number of rotatable bonds is 4. The summed E-state index contributed by atoms with van der Waals surface area (Å²) in [6, 6.07) is 8.93. The number of aromatic hydroxyl groups is 1. The second-order valence-electron chi connectivity index (χ2n) is 7.19. The Morgan fingerprint density at radius 2 is 1.97 bits per heavy atom. The molecule has 1 aromatic carbocycles. The maximum absolute atomic E-state index is 11.9. The SMILES string of the molecule is C=CC(=O)N1CC(c2[nH]c3nnc(-c4ccccc4O)cc3c2-c2cncnc2)C1. The molecule has 1 aliphatic heterocycles. The van der Waals surface area contributed by atoms with Gasteiger partial charge in [0, 0.05) is 59.2 Å². The third-order valence-corrected chi connectivity index (χ3v) is 5.39. The summed E-state index contributed by atoms with van der Waals surface area (Å²) in [4.78, 5) is 25.3. The number of carbonyl (C=O) groups excluding carboxylic acids is 1. The first-order valence-electron chi connectivity index (χ1n) is 9.50. The summed E-state index contributed by atoms with van der Waals surface area (Å²) in [6.07, 6.45) is 6.33. The molecule has 0 aliphatic carbocycles. The van der Waals surface area contributed by atoms with E-state index in [0.29, 0.717) is 30.0 Å². The van der Waals surface area contributed by atoms with Gasteiger partial charge in [0.1, 0.15) is 12.1 Å². The minimum Gasteiger partial charge on any atom is -0.507 e. The highest BCUT2D eigenvalue weighted by molar-refractivity contribution is 5.97. The van der Waals surface area contributed by atoms with Gasteiger partial charge in [0.2, 0.25) is 5.91 Å². The Morgan fingerprint density at radius 3 is 2.70 bits per heavy atom. The largest absolute Gasteiger partial charge is 0.507 e. The minimum absolute atomic E-state index is 0.0754. The van der Waals surface area contributed by atoms with Crippen LogP contribution in [0.4, 0.5) is 0 Å². The molecular formula is C22H18N6O2. The molecule has 0 saturated carbocycles. The number of carbonyl (C=O) groups is 1. The zero-order valence-electron chi connectivity index (χ0n) is 16.0. The van der Waals surface area contributed by atoms with Crippen molar-refractivity contribution in [2.24, 2.45) is 0 Å². The number of aromatic amines is 1. The van der Waals surface area contributed by atoms with Crippen molar-refractivity contribution < 1.29 is 9.90 Å². The summed E-state index contributed by atoms with van der Waals surface area (Å²) in [7, 11) is 0. The van der Waals surface area contributed by atoms with Gasteiger partial charge >= 0.3 is 0 Å². The van der Waals surface area contributed by atoms with Crippen molar-refractivity contribution in [1.82, 2.24) is 30.0 Å². The van der Waals surface area contributed by atoms with Crippen molar-refractivity contribution in [1.29, 1.82) is 0 Å². The molecule has 1 amide bonds. The molecule has 5 rings (SSSR count). The van der Waals surface area contributed by atoms with Crippen LogP contribution in [0.2, 0.25) is 0 Å². The van der Waals surface area contributed by atoms with Gasteiger partial charge in [-0.25, -0.2) is 9.97 Å². The summed E-state index contributed by atoms with van der Waals surface area (Å²) in [5, 5.41) is 19.7. The second-order valence-corrected chi connectivity index (χ2v) is 7.19. The molecule has 4 heterocycles. The van der Waals surface area contributed by atoms with Crippen LogP contribution in [0.15, 0.2) is 61.7 Å². The molecule has 8 heteroatoms. The number of phenolic OH excluding ortho intramolecular Hbond substituents is 1. The van der Waals surface area contributed by atoms with Crippen LogP contribution in [0.25, 0.3) is 33.4 Å². The fraction of sp³-hybridized carbons (Fsp3) is 0.136. The number of nitrogens with zero attached hydrogens (tertiary/aromatic N) is 5. The normalized spacial score (nSPS) is 13.9. The van der Waals surface area contributed by atoms with E-state index in [1.807, 2.05) is 12.1 Å². The molecular weight excluding hydrogens is 380 g/mol. The number of H-pyrrole nitrogens is 1. The van der Waals surface area contributed by atoms with Crippen molar-refractivity contribution >= 4 is 16.9 Å². The Hall–Kier alpha value is -4.07. The van der Waals surface area contributed by atoms with E-state index < -0.39 is 0 Å². The lowest BCUT2D eigenvalue weighted by molar-refractivity contribution is -0.130. The number of fused-ring (bicyclic) bond motifs is 1. The fourth-order valence-corrected chi connectivity index (χ4v) is 3.85. The Morgan fingerprint density at radius 1 is 1.20 bits per heavy atom. The van der Waals surface area contributed by atoms with Gasteiger partial charge in [-0.05, 0) is 24.3 Å². The monoisotopic (exact) mass is 398 g/mol. The van der Waals surface area contributed by atoms with Crippen LogP contribution >= 0.6 is 0 Å². The molecule has 0 atom stereocenters. The highest BCUT2D eigenvalue weighted by atomic mass is 16.3. The number of hydrogen-bond acceptors (Lipinski definition) is 6. The average Bonchev–Trinajstić information content (AvgIpc) is 3.11. The quantitative estimate of drug-likeness (QED) is 0.512. The van der Waals surface area contributed by atoms with E-state index in [-0.39, 0.29) is 17.6 Å². The van der Waals surface area contributed by atoms with Crippen LogP contribution in [0, 0.1) is 0 Å². The highest BCUT2D eigenvalue weighted by Crippen LogP contribution is 2.40. The number of hydrogen-bond donors (Lipinski definition) is 2. The summed E-state index contributed by atoms with van der Waals surface area (Å²) in [5.74, 6) is 0.199. The maximum Gasteiger partial charge on any atom is 0.245 e. The van der Waals surface area contributed by atoms with Gasteiger partial charge in [0.25, 0.3) is 0 Å². The molecule has 0 bridgehead atoms. The number of likely N-dealkylation sites (tertiary alicyclic amines) is 1. The van der Waals surface area contributed by atoms with E-state index in [1.54, 1.807) is 35.5 Å². The number of amides is 1.